The molecule has 0 aliphatic rings. The maximum Gasteiger partial charge on any atom is 0.168 e. The predicted octanol–water partition coefficient (Wildman–Crippen LogP) is 2.03. The standard InChI is InChI=1S/C10H12O3/c1-6(2)8-4-3-7(5-11)9(12)10(8)13/h3-6,12-13H,1-2H3. The second-order valence-electron chi connectivity index (χ2n) is 3.21. The topological polar surface area (TPSA) is 57.5 Å². The molecule has 0 aliphatic carbocycles. The van der Waals surface area contributed by atoms with Gasteiger partial charge in [0.2, 0.25) is 0 Å². The quantitative estimate of drug-likeness (QED) is 0.540. The fourth-order valence-electron chi connectivity index (χ4n) is 1.17. The van der Waals surface area contributed by atoms with E-state index in [0.29, 0.717) is 11.8 Å². The summed E-state index contributed by atoms with van der Waals surface area (Å²) in [5.74, 6) is -0.410. The average molecular weight is 180 g/mol. The summed E-state index contributed by atoms with van der Waals surface area (Å²) < 4.78 is 0. The van der Waals surface area contributed by atoms with Crippen LogP contribution in [0.4, 0.5) is 0 Å². The zero-order chi connectivity index (χ0) is 10.0. The van der Waals surface area contributed by atoms with E-state index < -0.39 is 0 Å². The molecule has 0 aromatic heterocycles. The molecular formula is C10H12O3. The number of rotatable bonds is 2. The van der Waals surface area contributed by atoms with E-state index in [1.807, 2.05) is 13.8 Å². The number of hydrogen-bond donors (Lipinski definition) is 2. The first-order valence-electron chi connectivity index (χ1n) is 4.08. The van der Waals surface area contributed by atoms with Crippen molar-refractivity contribution in [1.29, 1.82) is 0 Å². The van der Waals surface area contributed by atoms with Crippen molar-refractivity contribution in [2.45, 2.75) is 19.8 Å². The number of phenolic OH excluding ortho intramolecular Hbond substituents is 2. The molecule has 0 heterocycles. The third kappa shape index (κ3) is 1.64. The van der Waals surface area contributed by atoms with Gasteiger partial charge in [-0.2, -0.15) is 0 Å². The Morgan fingerprint density at radius 1 is 1.23 bits per heavy atom. The van der Waals surface area contributed by atoms with Crippen molar-refractivity contribution in [2.24, 2.45) is 0 Å². The predicted molar refractivity (Wildman–Crippen MR) is 49.2 cm³/mol. The molecule has 0 atom stereocenters. The Morgan fingerprint density at radius 3 is 2.31 bits per heavy atom. The average Bonchev–Trinajstić information content (AvgIpc) is 2.09. The van der Waals surface area contributed by atoms with Gasteiger partial charge in [-0.05, 0) is 12.0 Å². The Labute approximate surface area is 76.6 Å². The molecule has 0 fully saturated rings. The minimum atomic E-state index is -0.332. The van der Waals surface area contributed by atoms with Crippen LogP contribution in [0.1, 0.15) is 35.7 Å². The molecule has 1 rings (SSSR count). The number of carbonyl (C=O) groups is 1. The number of aromatic hydroxyl groups is 2. The lowest BCUT2D eigenvalue weighted by atomic mass is 10.00. The van der Waals surface area contributed by atoms with E-state index in [9.17, 15) is 15.0 Å². The summed E-state index contributed by atoms with van der Waals surface area (Å²) in [7, 11) is 0. The Morgan fingerprint density at radius 2 is 1.85 bits per heavy atom. The number of benzene rings is 1. The SMILES string of the molecule is CC(C)c1ccc(C=O)c(O)c1O. The van der Waals surface area contributed by atoms with E-state index in [-0.39, 0.29) is 23.0 Å². The van der Waals surface area contributed by atoms with Gasteiger partial charge in [-0.1, -0.05) is 19.9 Å². The smallest absolute Gasteiger partial charge is 0.168 e. The van der Waals surface area contributed by atoms with Gasteiger partial charge in [0.15, 0.2) is 17.8 Å². The highest BCUT2D eigenvalue weighted by Crippen LogP contribution is 2.35. The Kier molecular flexibility index (Phi) is 2.56. The van der Waals surface area contributed by atoms with E-state index in [2.05, 4.69) is 0 Å². The minimum Gasteiger partial charge on any atom is -0.504 e. The molecule has 0 bridgehead atoms. The van der Waals surface area contributed by atoms with Gasteiger partial charge in [0.1, 0.15) is 0 Å². The zero-order valence-corrected chi connectivity index (χ0v) is 7.61. The molecule has 0 unspecified atom stereocenters. The highest BCUT2D eigenvalue weighted by atomic mass is 16.3. The van der Waals surface area contributed by atoms with Crippen LogP contribution in [0.15, 0.2) is 12.1 Å². The van der Waals surface area contributed by atoms with E-state index in [4.69, 9.17) is 0 Å². The van der Waals surface area contributed by atoms with Crippen molar-refractivity contribution in [3.63, 3.8) is 0 Å². The van der Waals surface area contributed by atoms with Crippen LogP contribution in [0.2, 0.25) is 0 Å². The van der Waals surface area contributed by atoms with Gasteiger partial charge in [0, 0.05) is 5.56 Å². The summed E-state index contributed by atoms with van der Waals surface area (Å²) in [6.45, 7) is 3.80. The van der Waals surface area contributed by atoms with Crippen molar-refractivity contribution >= 4 is 6.29 Å². The maximum absolute atomic E-state index is 10.4. The van der Waals surface area contributed by atoms with Gasteiger partial charge in [-0.15, -0.1) is 0 Å². The van der Waals surface area contributed by atoms with E-state index in [0.717, 1.165) is 0 Å². The monoisotopic (exact) mass is 180 g/mol. The summed E-state index contributed by atoms with van der Waals surface area (Å²) in [6, 6.07) is 3.14. The van der Waals surface area contributed by atoms with Gasteiger partial charge in [-0.3, -0.25) is 4.79 Å². The van der Waals surface area contributed by atoms with Crippen LogP contribution < -0.4 is 0 Å². The molecule has 70 valence electrons. The van der Waals surface area contributed by atoms with Crippen molar-refractivity contribution < 1.29 is 15.0 Å². The first-order valence-corrected chi connectivity index (χ1v) is 4.08. The molecule has 0 aliphatic heterocycles. The third-order valence-electron chi connectivity index (χ3n) is 1.96. The molecule has 0 saturated carbocycles. The number of aldehydes is 1. The second-order valence-corrected chi connectivity index (χ2v) is 3.21. The van der Waals surface area contributed by atoms with Crippen molar-refractivity contribution in [2.75, 3.05) is 0 Å². The summed E-state index contributed by atoms with van der Waals surface area (Å²) in [5.41, 5.74) is 0.755. The lowest BCUT2D eigenvalue weighted by Crippen LogP contribution is -1.91. The lowest BCUT2D eigenvalue weighted by molar-refractivity contribution is 0.112. The van der Waals surface area contributed by atoms with E-state index >= 15 is 0 Å². The largest absolute Gasteiger partial charge is 0.504 e. The highest BCUT2D eigenvalue weighted by Gasteiger charge is 2.12. The molecular weight excluding hydrogens is 168 g/mol. The van der Waals surface area contributed by atoms with E-state index in [1.54, 1.807) is 6.07 Å². The van der Waals surface area contributed by atoms with Crippen LogP contribution in [0.3, 0.4) is 0 Å². The summed E-state index contributed by atoms with van der Waals surface area (Å²) in [5, 5.41) is 18.8. The van der Waals surface area contributed by atoms with Crippen LogP contribution in [0.5, 0.6) is 11.5 Å². The number of carbonyl (C=O) groups excluding carboxylic acids is 1. The molecule has 2 N–H and O–H groups in total. The fraction of sp³-hybridized carbons (Fsp3) is 0.300. The second kappa shape index (κ2) is 3.47. The Balaban J connectivity index is 3.31. The van der Waals surface area contributed by atoms with Gasteiger partial charge in [0.25, 0.3) is 0 Å². The van der Waals surface area contributed by atoms with Crippen molar-refractivity contribution in [1.82, 2.24) is 0 Å². The molecule has 0 amide bonds. The molecule has 3 nitrogen and oxygen atoms in total. The zero-order valence-electron chi connectivity index (χ0n) is 7.61. The molecule has 0 radical (unpaired) electrons. The lowest BCUT2D eigenvalue weighted by Gasteiger charge is -2.10. The van der Waals surface area contributed by atoms with Crippen LogP contribution >= 0.6 is 0 Å². The van der Waals surface area contributed by atoms with Crippen molar-refractivity contribution in [3.8, 4) is 11.5 Å². The summed E-state index contributed by atoms with van der Waals surface area (Å²) in [4.78, 5) is 10.4. The first kappa shape index (κ1) is 9.58. The molecule has 1 aromatic carbocycles. The van der Waals surface area contributed by atoms with Gasteiger partial charge in [-0.25, -0.2) is 0 Å². The van der Waals surface area contributed by atoms with Crippen LogP contribution in [-0.4, -0.2) is 16.5 Å². The van der Waals surface area contributed by atoms with Crippen LogP contribution in [-0.2, 0) is 0 Å². The minimum absolute atomic E-state index is 0.113. The Bertz CT molecular complexity index is 329. The maximum atomic E-state index is 10.4. The van der Waals surface area contributed by atoms with Gasteiger partial charge >= 0.3 is 0 Å². The summed E-state index contributed by atoms with van der Waals surface area (Å²) in [6.07, 6.45) is 0.513. The molecule has 0 saturated heterocycles. The summed E-state index contributed by atoms with van der Waals surface area (Å²) >= 11 is 0. The molecule has 13 heavy (non-hydrogen) atoms. The van der Waals surface area contributed by atoms with Gasteiger partial charge < -0.3 is 10.2 Å². The van der Waals surface area contributed by atoms with Crippen molar-refractivity contribution in [3.05, 3.63) is 23.3 Å². The fourth-order valence-corrected chi connectivity index (χ4v) is 1.17. The molecule has 3 heteroatoms. The van der Waals surface area contributed by atoms with Gasteiger partial charge in [0.05, 0.1) is 5.56 Å². The number of hydrogen-bond acceptors (Lipinski definition) is 3. The third-order valence-corrected chi connectivity index (χ3v) is 1.96. The molecule has 0 spiro atoms. The normalized spacial score (nSPS) is 10.4. The highest BCUT2D eigenvalue weighted by molar-refractivity contribution is 5.81. The first-order chi connectivity index (χ1) is 6.07. The Hall–Kier alpha value is -1.51. The number of phenols is 2. The van der Waals surface area contributed by atoms with Crippen LogP contribution in [0, 0.1) is 0 Å². The molecule has 1 aromatic rings. The van der Waals surface area contributed by atoms with E-state index in [1.165, 1.54) is 6.07 Å². The van der Waals surface area contributed by atoms with Crippen LogP contribution in [0.25, 0.3) is 0 Å².